The predicted octanol–water partition coefficient (Wildman–Crippen LogP) is 4.15. The van der Waals surface area contributed by atoms with Crippen molar-refractivity contribution in [2.45, 2.75) is 26.3 Å². The van der Waals surface area contributed by atoms with E-state index in [1.54, 1.807) is 16.9 Å². The Kier molecular flexibility index (Phi) is 4.33. The predicted molar refractivity (Wildman–Crippen MR) is 83.2 cm³/mol. The molecule has 0 bridgehead atoms. The maximum absolute atomic E-state index is 13.4. The van der Waals surface area contributed by atoms with Gasteiger partial charge in [-0.15, -0.1) is 0 Å². The normalized spacial score (nSPS) is 11.4. The zero-order valence-electron chi connectivity index (χ0n) is 12.8. The molecule has 2 aromatic heterocycles. The molecule has 7 heteroatoms. The lowest BCUT2D eigenvalue weighted by Crippen LogP contribution is -2.04. The second-order valence-corrected chi connectivity index (χ2v) is 5.49. The number of fused-ring (bicyclic) bond motifs is 1. The minimum absolute atomic E-state index is 0.0443. The number of ketones is 1. The molecule has 0 amide bonds. The van der Waals surface area contributed by atoms with Crippen molar-refractivity contribution in [1.29, 1.82) is 0 Å². The number of halogens is 3. The molecule has 4 nitrogen and oxygen atoms in total. The first-order valence-corrected chi connectivity index (χ1v) is 7.34. The fourth-order valence-electron chi connectivity index (χ4n) is 2.45. The van der Waals surface area contributed by atoms with Gasteiger partial charge in [-0.2, -0.15) is 5.10 Å². The lowest BCUT2D eigenvalue weighted by molar-refractivity contribution is -0.117. The van der Waals surface area contributed by atoms with E-state index in [2.05, 4.69) is 10.1 Å². The fourth-order valence-corrected chi connectivity index (χ4v) is 2.45. The number of alkyl halides is 2. The van der Waals surface area contributed by atoms with E-state index in [1.165, 1.54) is 19.2 Å². The van der Waals surface area contributed by atoms with Crippen LogP contribution in [0.3, 0.4) is 0 Å². The Morgan fingerprint density at radius 1 is 1.21 bits per heavy atom. The molecule has 0 aliphatic carbocycles. The quantitative estimate of drug-likeness (QED) is 0.704. The summed E-state index contributed by atoms with van der Waals surface area (Å²) < 4.78 is 40.8. The zero-order chi connectivity index (χ0) is 17.3. The van der Waals surface area contributed by atoms with E-state index in [-0.39, 0.29) is 5.78 Å². The van der Waals surface area contributed by atoms with E-state index in [4.69, 9.17) is 0 Å². The number of aryl methyl sites for hydroxylation is 1. The van der Waals surface area contributed by atoms with Crippen molar-refractivity contribution in [3.8, 4) is 11.1 Å². The topological polar surface area (TPSA) is 47.8 Å². The lowest BCUT2D eigenvalue weighted by atomic mass is 10.0. The highest BCUT2D eigenvalue weighted by atomic mass is 19.3. The van der Waals surface area contributed by atoms with Crippen LogP contribution in [0.4, 0.5) is 13.2 Å². The van der Waals surface area contributed by atoms with Crippen molar-refractivity contribution in [3.63, 3.8) is 0 Å². The van der Waals surface area contributed by atoms with E-state index >= 15 is 0 Å². The number of nitrogens with zero attached hydrogens (tertiary/aromatic N) is 3. The van der Waals surface area contributed by atoms with Gasteiger partial charge in [0.1, 0.15) is 17.1 Å². The maximum atomic E-state index is 13.4. The number of Topliss-reactive ketones (excluding diaryl/α,β-unsaturated/α-hetero) is 1. The molecule has 0 spiro atoms. The van der Waals surface area contributed by atoms with Gasteiger partial charge in [-0.3, -0.25) is 14.5 Å². The minimum Gasteiger partial charge on any atom is -0.300 e. The van der Waals surface area contributed by atoms with Crippen molar-refractivity contribution in [2.75, 3.05) is 0 Å². The number of rotatable bonds is 5. The van der Waals surface area contributed by atoms with E-state index in [0.29, 0.717) is 35.1 Å². The van der Waals surface area contributed by atoms with Crippen LogP contribution in [0.5, 0.6) is 0 Å². The van der Waals surface area contributed by atoms with Crippen molar-refractivity contribution >= 4 is 16.8 Å². The van der Waals surface area contributed by atoms with Crippen molar-refractivity contribution in [1.82, 2.24) is 14.8 Å². The van der Waals surface area contributed by atoms with Crippen LogP contribution in [0.25, 0.3) is 22.2 Å². The highest BCUT2D eigenvalue weighted by molar-refractivity contribution is 5.81. The third-order valence-electron chi connectivity index (χ3n) is 3.73. The lowest BCUT2D eigenvalue weighted by Gasteiger charge is -2.07. The average Bonchev–Trinajstić information content (AvgIpc) is 2.95. The first kappa shape index (κ1) is 16.2. The van der Waals surface area contributed by atoms with Crippen molar-refractivity contribution in [2.24, 2.45) is 0 Å². The highest BCUT2D eigenvalue weighted by Crippen LogP contribution is 2.29. The number of carbonyl (C=O) groups is 1. The van der Waals surface area contributed by atoms with Crippen LogP contribution < -0.4 is 0 Å². The Morgan fingerprint density at radius 3 is 2.71 bits per heavy atom. The molecule has 1 aromatic carbocycles. The summed E-state index contributed by atoms with van der Waals surface area (Å²) in [4.78, 5) is 15.4. The van der Waals surface area contributed by atoms with Gasteiger partial charge in [0.15, 0.2) is 0 Å². The summed E-state index contributed by atoms with van der Waals surface area (Å²) in [6.07, 6.45) is 0.561. The minimum atomic E-state index is -2.89. The van der Waals surface area contributed by atoms with Gasteiger partial charge >= 0.3 is 0 Å². The molecule has 0 atom stereocenters. The molecule has 0 fully saturated rings. The first-order valence-electron chi connectivity index (χ1n) is 7.34. The molecule has 2 heterocycles. The van der Waals surface area contributed by atoms with Crippen LogP contribution in [0, 0.1) is 5.82 Å². The van der Waals surface area contributed by atoms with E-state index in [1.807, 2.05) is 0 Å². The molecule has 0 unspecified atom stereocenters. The molecule has 3 aromatic rings. The SMILES string of the molecule is CC(=O)CCn1ncc2ncc(-c3ccc(F)c(C(F)F)c3)cc21. The average molecular weight is 333 g/mol. The van der Waals surface area contributed by atoms with E-state index in [0.717, 1.165) is 12.1 Å². The number of benzene rings is 1. The molecular formula is C17H14F3N3O. The highest BCUT2D eigenvalue weighted by Gasteiger charge is 2.15. The van der Waals surface area contributed by atoms with Crippen LogP contribution in [0.15, 0.2) is 36.7 Å². The Morgan fingerprint density at radius 2 is 2.00 bits per heavy atom. The molecule has 0 aliphatic heterocycles. The third-order valence-corrected chi connectivity index (χ3v) is 3.73. The molecule has 3 rings (SSSR count). The molecule has 0 saturated carbocycles. The summed E-state index contributed by atoms with van der Waals surface area (Å²) in [5, 5.41) is 4.18. The molecule has 0 radical (unpaired) electrons. The smallest absolute Gasteiger partial charge is 0.266 e. The molecule has 124 valence electrons. The van der Waals surface area contributed by atoms with Crippen LogP contribution in [-0.2, 0) is 11.3 Å². The monoisotopic (exact) mass is 333 g/mol. The van der Waals surface area contributed by atoms with Gasteiger partial charge < -0.3 is 0 Å². The molecule has 24 heavy (non-hydrogen) atoms. The van der Waals surface area contributed by atoms with Crippen molar-refractivity contribution in [3.05, 3.63) is 48.0 Å². The molecule has 0 N–H and O–H groups in total. The Bertz CT molecular complexity index is 905. The second kappa shape index (κ2) is 6.43. The van der Waals surface area contributed by atoms with E-state index < -0.39 is 17.8 Å². The second-order valence-electron chi connectivity index (χ2n) is 5.49. The summed E-state index contributed by atoms with van der Waals surface area (Å²) in [6.45, 7) is 1.91. The first-order chi connectivity index (χ1) is 11.5. The van der Waals surface area contributed by atoms with E-state index in [9.17, 15) is 18.0 Å². The maximum Gasteiger partial charge on any atom is 0.266 e. The molecular weight excluding hydrogens is 319 g/mol. The fraction of sp³-hybridized carbons (Fsp3) is 0.235. The Hall–Kier alpha value is -2.70. The third kappa shape index (κ3) is 3.15. The molecule has 0 aliphatic rings. The van der Waals surface area contributed by atoms with Gasteiger partial charge in [-0.25, -0.2) is 13.2 Å². The Labute approximate surface area is 135 Å². The van der Waals surface area contributed by atoms with Gasteiger partial charge in [-0.1, -0.05) is 6.07 Å². The number of aromatic nitrogens is 3. The number of hydrogen-bond acceptors (Lipinski definition) is 3. The van der Waals surface area contributed by atoms with Crippen molar-refractivity contribution < 1.29 is 18.0 Å². The van der Waals surface area contributed by atoms with Gasteiger partial charge in [0.2, 0.25) is 0 Å². The summed E-state index contributed by atoms with van der Waals surface area (Å²) >= 11 is 0. The number of hydrogen-bond donors (Lipinski definition) is 0. The molecule has 0 saturated heterocycles. The van der Waals surface area contributed by atoms with Gasteiger partial charge in [0.05, 0.1) is 17.3 Å². The largest absolute Gasteiger partial charge is 0.300 e. The summed E-state index contributed by atoms with van der Waals surface area (Å²) in [5.41, 5.74) is 1.71. The van der Waals surface area contributed by atoms with Crippen LogP contribution in [0.2, 0.25) is 0 Å². The summed E-state index contributed by atoms with van der Waals surface area (Å²) in [7, 11) is 0. The van der Waals surface area contributed by atoms with Crippen LogP contribution in [0.1, 0.15) is 25.3 Å². The summed E-state index contributed by atoms with van der Waals surface area (Å²) in [6, 6.07) is 5.32. The Balaban J connectivity index is 2.02. The number of pyridine rings is 1. The van der Waals surface area contributed by atoms with Gasteiger partial charge in [0.25, 0.3) is 6.43 Å². The summed E-state index contributed by atoms with van der Waals surface area (Å²) in [5.74, 6) is -0.892. The number of carbonyl (C=O) groups excluding carboxylic acids is 1. The van der Waals surface area contributed by atoms with Crippen LogP contribution >= 0.6 is 0 Å². The van der Waals surface area contributed by atoms with Gasteiger partial charge in [0, 0.05) is 24.7 Å². The van der Waals surface area contributed by atoms with Crippen LogP contribution in [-0.4, -0.2) is 20.5 Å². The van der Waals surface area contributed by atoms with Gasteiger partial charge in [-0.05, 0) is 30.7 Å². The zero-order valence-corrected chi connectivity index (χ0v) is 12.8. The standard InChI is InChI=1S/C17H14F3N3O/c1-10(24)4-5-23-16-7-12(8-21-15(16)9-22-23)11-2-3-14(18)13(6-11)17(19)20/h2-3,6-9,17H,4-5H2,1H3.